The molecule has 0 fully saturated rings. The van der Waals surface area contributed by atoms with Crippen molar-refractivity contribution < 1.29 is 8.78 Å². The first-order chi connectivity index (χ1) is 9.13. The Morgan fingerprint density at radius 2 is 2.21 bits per heavy atom. The molecule has 0 aliphatic heterocycles. The van der Waals surface area contributed by atoms with E-state index in [9.17, 15) is 8.78 Å². The van der Waals surface area contributed by atoms with Crippen LogP contribution in [0.2, 0.25) is 0 Å². The minimum absolute atomic E-state index is 0.209. The van der Waals surface area contributed by atoms with Crippen molar-refractivity contribution in [3.8, 4) is 0 Å². The summed E-state index contributed by atoms with van der Waals surface area (Å²) in [6, 6.07) is 3.78. The van der Waals surface area contributed by atoms with Crippen LogP contribution in [0.4, 0.5) is 8.78 Å². The summed E-state index contributed by atoms with van der Waals surface area (Å²) < 4.78 is 27.1. The lowest BCUT2D eigenvalue weighted by molar-refractivity contribution is 0.233. The molecule has 0 saturated heterocycles. The Bertz CT molecular complexity index is 531. The van der Waals surface area contributed by atoms with Gasteiger partial charge >= 0.3 is 0 Å². The van der Waals surface area contributed by atoms with Crippen LogP contribution in [0, 0.1) is 11.6 Å². The predicted molar refractivity (Wildman–Crippen MR) is 71.7 cm³/mol. The van der Waals surface area contributed by atoms with Gasteiger partial charge in [-0.3, -0.25) is 4.90 Å². The summed E-state index contributed by atoms with van der Waals surface area (Å²) >= 11 is 1.50. The summed E-state index contributed by atoms with van der Waals surface area (Å²) in [5, 5.41) is 1.92. The van der Waals surface area contributed by atoms with Crippen molar-refractivity contribution in [2.24, 2.45) is 5.73 Å². The minimum atomic E-state index is -0.849. The zero-order valence-corrected chi connectivity index (χ0v) is 11.3. The third kappa shape index (κ3) is 3.15. The van der Waals surface area contributed by atoms with E-state index < -0.39 is 11.6 Å². The van der Waals surface area contributed by atoms with E-state index in [1.165, 1.54) is 17.4 Å². The molecule has 102 valence electrons. The number of aromatic nitrogens is 1. The Labute approximate surface area is 114 Å². The summed E-state index contributed by atoms with van der Waals surface area (Å²) in [6.45, 7) is 0.752. The van der Waals surface area contributed by atoms with Gasteiger partial charge in [0.15, 0.2) is 11.6 Å². The molecule has 3 nitrogen and oxygen atoms in total. The van der Waals surface area contributed by atoms with Crippen LogP contribution < -0.4 is 5.73 Å². The van der Waals surface area contributed by atoms with Gasteiger partial charge in [0.1, 0.15) is 0 Å². The molecule has 0 aliphatic carbocycles. The SMILES string of the molecule is CN(Cc1cscn1)C(CN)c1cccc(F)c1F. The highest BCUT2D eigenvalue weighted by Crippen LogP contribution is 2.24. The zero-order chi connectivity index (χ0) is 13.8. The molecular weight excluding hydrogens is 268 g/mol. The van der Waals surface area contributed by atoms with Crippen molar-refractivity contribution in [3.63, 3.8) is 0 Å². The number of halogens is 2. The topological polar surface area (TPSA) is 42.2 Å². The monoisotopic (exact) mass is 283 g/mol. The molecule has 0 bridgehead atoms. The van der Waals surface area contributed by atoms with Gasteiger partial charge in [0.05, 0.1) is 17.2 Å². The third-order valence-corrected chi connectivity index (χ3v) is 3.63. The third-order valence-electron chi connectivity index (χ3n) is 2.99. The lowest BCUT2D eigenvalue weighted by Gasteiger charge is -2.27. The van der Waals surface area contributed by atoms with Crippen LogP contribution in [0.1, 0.15) is 17.3 Å². The molecule has 2 rings (SSSR count). The highest BCUT2D eigenvalue weighted by molar-refractivity contribution is 7.07. The second-order valence-corrected chi connectivity index (χ2v) is 5.01. The van der Waals surface area contributed by atoms with Crippen molar-refractivity contribution in [3.05, 3.63) is 52.0 Å². The average molecular weight is 283 g/mol. The van der Waals surface area contributed by atoms with Gasteiger partial charge in [-0.25, -0.2) is 13.8 Å². The fraction of sp³-hybridized carbons (Fsp3) is 0.308. The fourth-order valence-corrected chi connectivity index (χ4v) is 2.55. The van der Waals surface area contributed by atoms with E-state index in [-0.39, 0.29) is 18.2 Å². The molecule has 0 radical (unpaired) electrons. The number of thiazole rings is 1. The molecule has 19 heavy (non-hydrogen) atoms. The molecule has 2 N–H and O–H groups in total. The van der Waals surface area contributed by atoms with Crippen molar-refractivity contribution in [2.45, 2.75) is 12.6 Å². The normalized spacial score (nSPS) is 12.9. The lowest BCUT2D eigenvalue weighted by Crippen LogP contribution is -2.31. The number of nitrogens with zero attached hydrogens (tertiary/aromatic N) is 2. The van der Waals surface area contributed by atoms with E-state index >= 15 is 0 Å². The Balaban J connectivity index is 2.21. The van der Waals surface area contributed by atoms with Crippen LogP contribution in [0.25, 0.3) is 0 Å². The molecule has 1 heterocycles. The summed E-state index contributed by atoms with van der Waals surface area (Å²) in [5.74, 6) is -1.68. The quantitative estimate of drug-likeness (QED) is 0.917. The van der Waals surface area contributed by atoms with Gasteiger partial charge in [0, 0.05) is 24.0 Å². The molecule has 1 atom stereocenters. The van der Waals surface area contributed by atoms with Crippen molar-refractivity contribution in [1.29, 1.82) is 0 Å². The van der Waals surface area contributed by atoms with Gasteiger partial charge < -0.3 is 5.73 Å². The molecule has 1 aromatic carbocycles. The molecule has 1 unspecified atom stereocenters. The first-order valence-electron chi connectivity index (χ1n) is 5.84. The van der Waals surface area contributed by atoms with Crippen LogP contribution in [0.3, 0.4) is 0 Å². The molecular formula is C13H15F2N3S. The van der Waals surface area contributed by atoms with E-state index in [1.54, 1.807) is 11.6 Å². The smallest absolute Gasteiger partial charge is 0.163 e. The van der Waals surface area contributed by atoms with Gasteiger partial charge in [0.25, 0.3) is 0 Å². The molecule has 6 heteroatoms. The first-order valence-corrected chi connectivity index (χ1v) is 6.79. The number of hydrogen-bond donors (Lipinski definition) is 1. The summed E-state index contributed by atoms with van der Waals surface area (Å²) in [7, 11) is 1.82. The Hall–Kier alpha value is -1.37. The zero-order valence-electron chi connectivity index (χ0n) is 10.5. The molecule has 0 spiro atoms. The van der Waals surface area contributed by atoms with Gasteiger partial charge in [0.2, 0.25) is 0 Å². The Kier molecular flexibility index (Phi) is 4.57. The number of hydrogen-bond acceptors (Lipinski definition) is 4. The highest BCUT2D eigenvalue weighted by atomic mass is 32.1. The van der Waals surface area contributed by atoms with E-state index in [4.69, 9.17) is 5.73 Å². The number of rotatable bonds is 5. The highest BCUT2D eigenvalue weighted by Gasteiger charge is 2.21. The molecule has 0 amide bonds. The van der Waals surface area contributed by atoms with E-state index in [1.807, 2.05) is 17.3 Å². The predicted octanol–water partition coefficient (Wildman–Crippen LogP) is 2.55. The lowest BCUT2D eigenvalue weighted by atomic mass is 10.0. The molecule has 1 aromatic heterocycles. The van der Waals surface area contributed by atoms with Crippen LogP contribution >= 0.6 is 11.3 Å². The maximum atomic E-state index is 13.8. The molecule has 0 saturated carbocycles. The summed E-state index contributed by atoms with van der Waals surface area (Å²) in [6.07, 6.45) is 0. The van der Waals surface area contributed by atoms with Crippen LogP contribution in [-0.2, 0) is 6.54 Å². The van der Waals surface area contributed by atoms with Gasteiger partial charge in [-0.05, 0) is 13.1 Å². The second kappa shape index (κ2) is 6.18. The summed E-state index contributed by atoms with van der Waals surface area (Å²) in [5.41, 5.74) is 8.61. The summed E-state index contributed by atoms with van der Waals surface area (Å²) in [4.78, 5) is 6.04. The largest absolute Gasteiger partial charge is 0.329 e. The molecule has 2 aromatic rings. The fourth-order valence-electron chi connectivity index (χ4n) is 2.00. The Morgan fingerprint density at radius 1 is 1.42 bits per heavy atom. The van der Waals surface area contributed by atoms with Crippen molar-refractivity contribution >= 4 is 11.3 Å². The van der Waals surface area contributed by atoms with Gasteiger partial charge in [-0.15, -0.1) is 11.3 Å². The number of nitrogens with two attached hydrogens (primary N) is 1. The van der Waals surface area contributed by atoms with E-state index in [0.717, 1.165) is 11.8 Å². The van der Waals surface area contributed by atoms with Crippen molar-refractivity contribution in [2.75, 3.05) is 13.6 Å². The van der Waals surface area contributed by atoms with Gasteiger partial charge in [-0.2, -0.15) is 0 Å². The maximum Gasteiger partial charge on any atom is 0.163 e. The number of benzene rings is 1. The maximum absolute atomic E-state index is 13.8. The number of likely N-dealkylation sites (N-methyl/N-ethyl adjacent to an activating group) is 1. The van der Waals surface area contributed by atoms with Gasteiger partial charge in [-0.1, -0.05) is 12.1 Å². The van der Waals surface area contributed by atoms with Crippen LogP contribution in [0.15, 0.2) is 29.1 Å². The standard InChI is InChI=1S/C13H15F2N3S/c1-18(6-9-7-19-8-17-9)12(5-16)10-3-2-4-11(14)13(10)15/h2-4,7-8,12H,5-6,16H2,1H3. The van der Waals surface area contributed by atoms with Crippen LogP contribution in [0.5, 0.6) is 0 Å². The van der Waals surface area contributed by atoms with Crippen molar-refractivity contribution in [1.82, 2.24) is 9.88 Å². The molecule has 0 aliphatic rings. The first kappa shape index (κ1) is 14.0. The average Bonchev–Trinajstić information content (AvgIpc) is 2.88. The Morgan fingerprint density at radius 3 is 2.84 bits per heavy atom. The second-order valence-electron chi connectivity index (χ2n) is 4.29. The minimum Gasteiger partial charge on any atom is -0.329 e. The van der Waals surface area contributed by atoms with E-state index in [0.29, 0.717) is 6.54 Å². The van der Waals surface area contributed by atoms with Crippen LogP contribution in [-0.4, -0.2) is 23.5 Å². The van der Waals surface area contributed by atoms with E-state index in [2.05, 4.69) is 4.98 Å².